The maximum absolute atomic E-state index is 12.0. The highest BCUT2D eigenvalue weighted by molar-refractivity contribution is 6.04. The van der Waals surface area contributed by atoms with Gasteiger partial charge in [-0.3, -0.25) is 0 Å². The SMILES string of the molecule is CC1CC(c2ccc(OC(F)(F)F)cc2)=NN=C1N. The first-order valence-electron chi connectivity index (χ1n) is 5.61. The largest absolute Gasteiger partial charge is 0.573 e. The second kappa shape index (κ2) is 4.91. The highest BCUT2D eigenvalue weighted by Gasteiger charge is 2.31. The monoisotopic (exact) mass is 271 g/mol. The Bertz CT molecular complexity index is 520. The van der Waals surface area contributed by atoms with E-state index < -0.39 is 6.36 Å². The number of rotatable bonds is 2. The van der Waals surface area contributed by atoms with E-state index in [1.165, 1.54) is 24.3 Å². The van der Waals surface area contributed by atoms with Crippen molar-refractivity contribution in [3.05, 3.63) is 29.8 Å². The Kier molecular flexibility index (Phi) is 3.46. The molecule has 1 aromatic rings. The van der Waals surface area contributed by atoms with Crippen molar-refractivity contribution in [1.29, 1.82) is 0 Å². The number of hydrogen-bond donors (Lipinski definition) is 1. The van der Waals surface area contributed by atoms with Crippen LogP contribution in [0.4, 0.5) is 13.2 Å². The maximum Gasteiger partial charge on any atom is 0.573 e. The summed E-state index contributed by atoms with van der Waals surface area (Å²) >= 11 is 0. The van der Waals surface area contributed by atoms with Crippen LogP contribution in [0.2, 0.25) is 0 Å². The normalized spacial score (nSPS) is 19.7. The lowest BCUT2D eigenvalue weighted by atomic mass is 9.97. The van der Waals surface area contributed by atoms with Gasteiger partial charge in [0.1, 0.15) is 11.6 Å². The Morgan fingerprint density at radius 2 is 1.84 bits per heavy atom. The van der Waals surface area contributed by atoms with Gasteiger partial charge in [-0.1, -0.05) is 6.92 Å². The second-order valence-corrected chi connectivity index (χ2v) is 4.25. The van der Waals surface area contributed by atoms with E-state index in [0.717, 1.165) is 0 Å². The van der Waals surface area contributed by atoms with Crippen molar-refractivity contribution in [2.45, 2.75) is 19.7 Å². The first-order valence-corrected chi connectivity index (χ1v) is 5.61. The highest BCUT2D eigenvalue weighted by Crippen LogP contribution is 2.24. The van der Waals surface area contributed by atoms with Gasteiger partial charge in [-0.15, -0.1) is 18.3 Å². The van der Waals surface area contributed by atoms with Crippen LogP contribution >= 0.6 is 0 Å². The number of halogens is 3. The lowest BCUT2D eigenvalue weighted by molar-refractivity contribution is -0.274. The summed E-state index contributed by atoms with van der Waals surface area (Å²) in [4.78, 5) is 0. The molecule has 0 saturated heterocycles. The predicted molar refractivity (Wildman–Crippen MR) is 65.1 cm³/mol. The lowest BCUT2D eigenvalue weighted by Crippen LogP contribution is -2.26. The van der Waals surface area contributed by atoms with Crippen molar-refractivity contribution >= 4 is 11.5 Å². The third-order valence-electron chi connectivity index (χ3n) is 2.71. The summed E-state index contributed by atoms with van der Waals surface area (Å²) in [5.74, 6) is 0.267. The molecule has 1 atom stereocenters. The summed E-state index contributed by atoms with van der Waals surface area (Å²) in [5, 5.41) is 7.77. The summed E-state index contributed by atoms with van der Waals surface area (Å²) in [6, 6.07) is 5.53. The van der Waals surface area contributed by atoms with Gasteiger partial charge in [0.25, 0.3) is 0 Å². The van der Waals surface area contributed by atoms with Crippen molar-refractivity contribution in [3.63, 3.8) is 0 Å². The topological polar surface area (TPSA) is 60.0 Å². The molecule has 1 aliphatic heterocycles. The summed E-state index contributed by atoms with van der Waals surface area (Å²) in [7, 11) is 0. The minimum atomic E-state index is -4.68. The van der Waals surface area contributed by atoms with Crippen LogP contribution in [0.15, 0.2) is 34.5 Å². The van der Waals surface area contributed by atoms with E-state index in [-0.39, 0.29) is 11.7 Å². The molecule has 0 bridgehead atoms. The standard InChI is InChI=1S/C12H12F3N3O/c1-7-6-10(17-18-11(7)16)8-2-4-9(5-3-8)19-12(13,14)15/h2-5,7H,6H2,1H3,(H2,16,18). The maximum atomic E-state index is 12.0. The van der Waals surface area contributed by atoms with Crippen molar-refractivity contribution in [1.82, 2.24) is 0 Å². The molecular weight excluding hydrogens is 259 g/mol. The zero-order valence-corrected chi connectivity index (χ0v) is 10.1. The van der Waals surface area contributed by atoms with E-state index in [2.05, 4.69) is 14.9 Å². The predicted octanol–water partition coefficient (Wildman–Crippen LogP) is 2.69. The molecule has 0 aliphatic carbocycles. The minimum Gasteiger partial charge on any atom is -0.406 e. The zero-order chi connectivity index (χ0) is 14.0. The van der Waals surface area contributed by atoms with Crippen LogP contribution < -0.4 is 10.5 Å². The van der Waals surface area contributed by atoms with E-state index >= 15 is 0 Å². The van der Waals surface area contributed by atoms with Gasteiger partial charge in [-0.05, 0) is 29.8 Å². The van der Waals surface area contributed by atoms with Gasteiger partial charge >= 0.3 is 6.36 Å². The Hall–Kier alpha value is -2.05. The molecule has 2 rings (SSSR count). The second-order valence-electron chi connectivity index (χ2n) is 4.25. The third-order valence-corrected chi connectivity index (χ3v) is 2.71. The van der Waals surface area contributed by atoms with E-state index in [9.17, 15) is 13.2 Å². The molecule has 7 heteroatoms. The Labute approximate surface area is 107 Å². The molecule has 19 heavy (non-hydrogen) atoms. The first kappa shape index (κ1) is 13.4. The minimum absolute atomic E-state index is 0.0681. The lowest BCUT2D eigenvalue weighted by Gasteiger charge is -2.16. The van der Waals surface area contributed by atoms with E-state index in [1.54, 1.807) is 0 Å². The quantitative estimate of drug-likeness (QED) is 0.899. The molecule has 0 aromatic heterocycles. The van der Waals surface area contributed by atoms with E-state index in [0.29, 0.717) is 23.5 Å². The average Bonchev–Trinajstić information content (AvgIpc) is 2.32. The number of ether oxygens (including phenoxy) is 1. The molecule has 2 N–H and O–H groups in total. The Morgan fingerprint density at radius 3 is 2.37 bits per heavy atom. The molecule has 1 heterocycles. The molecule has 1 unspecified atom stereocenters. The van der Waals surface area contributed by atoms with Gasteiger partial charge in [0.15, 0.2) is 0 Å². The molecule has 1 aliphatic rings. The van der Waals surface area contributed by atoms with Crippen LogP contribution in [0.5, 0.6) is 5.75 Å². The molecule has 0 saturated carbocycles. The molecule has 1 aromatic carbocycles. The number of hydrogen-bond acceptors (Lipinski definition) is 4. The van der Waals surface area contributed by atoms with Crippen LogP contribution in [0, 0.1) is 5.92 Å². The summed E-state index contributed by atoms with van der Waals surface area (Å²) in [6.07, 6.45) is -4.08. The fourth-order valence-electron chi connectivity index (χ4n) is 1.68. The first-order chi connectivity index (χ1) is 8.85. The molecule has 0 radical (unpaired) electrons. The van der Waals surface area contributed by atoms with Gasteiger partial charge < -0.3 is 10.5 Å². The van der Waals surface area contributed by atoms with Crippen molar-refractivity contribution in [2.24, 2.45) is 21.9 Å². The van der Waals surface area contributed by atoms with Gasteiger partial charge in [0.2, 0.25) is 0 Å². The number of nitrogens with two attached hydrogens (primary N) is 1. The van der Waals surface area contributed by atoms with Crippen LogP contribution in [0.1, 0.15) is 18.9 Å². The van der Waals surface area contributed by atoms with Crippen LogP contribution in [-0.4, -0.2) is 17.9 Å². The zero-order valence-electron chi connectivity index (χ0n) is 10.1. The Balaban J connectivity index is 2.15. The Morgan fingerprint density at radius 1 is 1.21 bits per heavy atom. The molecule has 0 spiro atoms. The average molecular weight is 271 g/mol. The van der Waals surface area contributed by atoms with Crippen LogP contribution in [-0.2, 0) is 0 Å². The fourth-order valence-corrected chi connectivity index (χ4v) is 1.68. The molecule has 0 fully saturated rings. The van der Waals surface area contributed by atoms with Gasteiger partial charge in [0, 0.05) is 12.3 Å². The summed E-state index contributed by atoms with van der Waals surface area (Å²) in [5.41, 5.74) is 7.01. The number of benzene rings is 1. The number of nitrogens with zero attached hydrogens (tertiary/aromatic N) is 2. The molecule has 0 amide bonds. The van der Waals surface area contributed by atoms with E-state index in [1.807, 2.05) is 6.92 Å². The van der Waals surface area contributed by atoms with Crippen molar-refractivity contribution < 1.29 is 17.9 Å². The van der Waals surface area contributed by atoms with Crippen molar-refractivity contribution in [2.75, 3.05) is 0 Å². The van der Waals surface area contributed by atoms with Crippen LogP contribution in [0.25, 0.3) is 0 Å². The number of amidine groups is 1. The smallest absolute Gasteiger partial charge is 0.406 e. The number of alkyl halides is 3. The van der Waals surface area contributed by atoms with Gasteiger partial charge in [-0.25, -0.2) is 0 Å². The highest BCUT2D eigenvalue weighted by atomic mass is 19.4. The third kappa shape index (κ3) is 3.46. The summed E-state index contributed by atoms with van der Waals surface area (Å²) in [6.45, 7) is 1.91. The van der Waals surface area contributed by atoms with Crippen LogP contribution in [0.3, 0.4) is 0 Å². The molecular formula is C12H12F3N3O. The molecule has 4 nitrogen and oxygen atoms in total. The van der Waals surface area contributed by atoms with Crippen molar-refractivity contribution in [3.8, 4) is 5.75 Å². The molecule has 102 valence electrons. The fraction of sp³-hybridized carbons (Fsp3) is 0.333. The van der Waals surface area contributed by atoms with Gasteiger partial charge in [-0.2, -0.15) is 5.10 Å². The summed E-state index contributed by atoms with van der Waals surface area (Å²) < 4.78 is 39.8. The van der Waals surface area contributed by atoms with E-state index in [4.69, 9.17) is 5.73 Å². The van der Waals surface area contributed by atoms with Gasteiger partial charge in [0.05, 0.1) is 5.71 Å².